The highest BCUT2D eigenvalue weighted by atomic mass is 32.1. The third-order valence-electron chi connectivity index (χ3n) is 1.54. The number of aryl methyl sites for hydroxylation is 1. The standard InChI is InChI=1S/C10H10OS/c1-3-4-5-9(11)10-8(2)6-7-12-10/h6-7H,5H2,1-2H3. The van der Waals surface area contributed by atoms with Crippen LogP contribution in [0.2, 0.25) is 0 Å². The van der Waals surface area contributed by atoms with Gasteiger partial charge in [0, 0.05) is 0 Å². The molecule has 0 aliphatic heterocycles. The lowest BCUT2D eigenvalue weighted by Crippen LogP contribution is -1.95. The fraction of sp³-hybridized carbons (Fsp3) is 0.300. The van der Waals surface area contributed by atoms with Gasteiger partial charge in [0.15, 0.2) is 5.78 Å². The van der Waals surface area contributed by atoms with E-state index < -0.39 is 0 Å². The summed E-state index contributed by atoms with van der Waals surface area (Å²) in [7, 11) is 0. The third kappa shape index (κ3) is 1.96. The predicted octanol–water partition coefficient (Wildman–Crippen LogP) is 2.65. The van der Waals surface area contributed by atoms with E-state index in [0.717, 1.165) is 10.4 Å². The van der Waals surface area contributed by atoms with Crippen LogP contribution in [0, 0.1) is 18.8 Å². The molecule has 1 heterocycles. The van der Waals surface area contributed by atoms with E-state index in [0.29, 0.717) is 6.42 Å². The summed E-state index contributed by atoms with van der Waals surface area (Å²) in [5, 5.41) is 1.93. The number of rotatable bonds is 2. The van der Waals surface area contributed by atoms with Crippen LogP contribution in [-0.4, -0.2) is 5.78 Å². The van der Waals surface area contributed by atoms with Gasteiger partial charge in [-0.3, -0.25) is 4.79 Å². The summed E-state index contributed by atoms with van der Waals surface area (Å²) in [6.45, 7) is 3.69. The van der Waals surface area contributed by atoms with Gasteiger partial charge >= 0.3 is 0 Å². The molecule has 0 aliphatic rings. The molecule has 0 aromatic carbocycles. The molecule has 1 nitrogen and oxygen atoms in total. The van der Waals surface area contributed by atoms with Gasteiger partial charge in [-0.2, -0.15) is 0 Å². The third-order valence-corrected chi connectivity index (χ3v) is 2.60. The zero-order valence-electron chi connectivity index (χ0n) is 7.18. The van der Waals surface area contributed by atoms with Crippen molar-refractivity contribution in [1.29, 1.82) is 0 Å². The van der Waals surface area contributed by atoms with Gasteiger partial charge in [-0.05, 0) is 30.9 Å². The van der Waals surface area contributed by atoms with Crippen molar-refractivity contribution in [3.63, 3.8) is 0 Å². The lowest BCUT2D eigenvalue weighted by Gasteiger charge is -1.92. The Bertz CT molecular complexity index is 338. The number of carbonyl (C=O) groups is 1. The molecule has 0 N–H and O–H groups in total. The summed E-state index contributed by atoms with van der Waals surface area (Å²) in [5.41, 5.74) is 1.06. The molecule has 0 saturated heterocycles. The van der Waals surface area contributed by atoms with Gasteiger partial charge in [0.25, 0.3) is 0 Å². The molecule has 0 amide bonds. The highest BCUT2D eigenvalue weighted by Crippen LogP contribution is 2.16. The molecule has 12 heavy (non-hydrogen) atoms. The highest BCUT2D eigenvalue weighted by Gasteiger charge is 2.07. The van der Waals surface area contributed by atoms with Crippen molar-refractivity contribution >= 4 is 17.1 Å². The van der Waals surface area contributed by atoms with Crippen molar-refractivity contribution in [2.75, 3.05) is 0 Å². The Morgan fingerprint density at radius 1 is 1.67 bits per heavy atom. The lowest BCUT2D eigenvalue weighted by molar-refractivity contribution is 0.100. The predicted molar refractivity (Wildman–Crippen MR) is 51.5 cm³/mol. The molecule has 0 bridgehead atoms. The number of Topliss-reactive ketones (excluding diaryl/α,β-unsaturated/α-hetero) is 1. The topological polar surface area (TPSA) is 17.1 Å². The SMILES string of the molecule is CC#CCC(=O)c1sccc1C. The normalized spacial score (nSPS) is 8.83. The Kier molecular flexibility index (Phi) is 3.07. The quantitative estimate of drug-likeness (QED) is 0.502. The Morgan fingerprint density at radius 3 is 2.92 bits per heavy atom. The smallest absolute Gasteiger partial charge is 0.184 e. The van der Waals surface area contributed by atoms with Crippen LogP contribution in [0.5, 0.6) is 0 Å². The molecule has 0 radical (unpaired) electrons. The maximum atomic E-state index is 11.4. The monoisotopic (exact) mass is 178 g/mol. The van der Waals surface area contributed by atoms with Crippen LogP contribution in [0.4, 0.5) is 0 Å². The van der Waals surface area contributed by atoms with E-state index >= 15 is 0 Å². The molecule has 0 unspecified atom stereocenters. The summed E-state index contributed by atoms with van der Waals surface area (Å²) in [5.74, 6) is 5.62. The highest BCUT2D eigenvalue weighted by molar-refractivity contribution is 7.12. The van der Waals surface area contributed by atoms with Gasteiger partial charge in [0.2, 0.25) is 0 Å². The molecule has 62 valence electrons. The van der Waals surface area contributed by atoms with Gasteiger partial charge in [-0.25, -0.2) is 0 Å². The lowest BCUT2D eigenvalue weighted by atomic mass is 10.2. The summed E-state index contributed by atoms with van der Waals surface area (Å²) >= 11 is 1.49. The van der Waals surface area contributed by atoms with Crippen molar-refractivity contribution in [1.82, 2.24) is 0 Å². The molecule has 0 aliphatic carbocycles. The fourth-order valence-electron chi connectivity index (χ4n) is 0.907. The molecular weight excluding hydrogens is 168 g/mol. The molecule has 0 saturated carbocycles. The first-order valence-electron chi connectivity index (χ1n) is 3.72. The van der Waals surface area contributed by atoms with Crippen LogP contribution in [0.1, 0.15) is 28.6 Å². The first kappa shape index (κ1) is 9.02. The van der Waals surface area contributed by atoms with Crippen LogP contribution >= 0.6 is 11.3 Å². The molecule has 0 atom stereocenters. The van der Waals surface area contributed by atoms with Gasteiger partial charge in [-0.15, -0.1) is 17.3 Å². The van der Waals surface area contributed by atoms with E-state index in [1.165, 1.54) is 11.3 Å². The molecule has 1 aromatic rings. The number of carbonyl (C=O) groups excluding carboxylic acids is 1. The first-order chi connectivity index (χ1) is 5.75. The van der Waals surface area contributed by atoms with Crippen molar-refractivity contribution in [3.8, 4) is 11.8 Å². The van der Waals surface area contributed by atoms with Crippen LogP contribution in [0.15, 0.2) is 11.4 Å². The maximum absolute atomic E-state index is 11.4. The second kappa shape index (κ2) is 4.08. The zero-order chi connectivity index (χ0) is 8.97. The Morgan fingerprint density at radius 2 is 2.42 bits per heavy atom. The minimum Gasteiger partial charge on any atom is -0.292 e. The van der Waals surface area contributed by atoms with Crippen molar-refractivity contribution in [3.05, 3.63) is 21.9 Å². The van der Waals surface area contributed by atoms with Crippen molar-refractivity contribution < 1.29 is 4.79 Å². The van der Waals surface area contributed by atoms with Crippen molar-refractivity contribution in [2.24, 2.45) is 0 Å². The van der Waals surface area contributed by atoms with Gasteiger partial charge < -0.3 is 0 Å². The first-order valence-corrected chi connectivity index (χ1v) is 4.60. The fourth-order valence-corrected chi connectivity index (χ4v) is 1.77. The van der Waals surface area contributed by atoms with E-state index in [1.54, 1.807) is 6.92 Å². The van der Waals surface area contributed by atoms with E-state index in [4.69, 9.17) is 0 Å². The maximum Gasteiger partial charge on any atom is 0.184 e. The average Bonchev–Trinajstić information content (AvgIpc) is 2.47. The minimum atomic E-state index is 0.136. The number of ketones is 1. The minimum absolute atomic E-state index is 0.136. The summed E-state index contributed by atoms with van der Waals surface area (Å²) in [4.78, 5) is 12.2. The van der Waals surface area contributed by atoms with Crippen LogP contribution in [-0.2, 0) is 0 Å². The molecule has 0 spiro atoms. The molecule has 2 heteroatoms. The van der Waals surface area contributed by atoms with Gasteiger partial charge in [0.1, 0.15) is 0 Å². The van der Waals surface area contributed by atoms with Crippen LogP contribution < -0.4 is 0 Å². The van der Waals surface area contributed by atoms with E-state index in [9.17, 15) is 4.79 Å². The second-order valence-corrected chi connectivity index (χ2v) is 3.38. The Balaban J connectivity index is 2.76. The molecular formula is C10H10OS. The Labute approximate surface area is 76.4 Å². The average molecular weight is 178 g/mol. The number of hydrogen-bond donors (Lipinski definition) is 0. The summed E-state index contributed by atoms with van der Waals surface area (Å²) in [6, 6.07) is 1.96. The van der Waals surface area contributed by atoms with Gasteiger partial charge in [0.05, 0.1) is 11.3 Å². The van der Waals surface area contributed by atoms with Crippen LogP contribution in [0.25, 0.3) is 0 Å². The zero-order valence-corrected chi connectivity index (χ0v) is 7.99. The number of thiophene rings is 1. The van der Waals surface area contributed by atoms with Crippen molar-refractivity contribution in [2.45, 2.75) is 20.3 Å². The molecule has 1 rings (SSSR count). The summed E-state index contributed by atoms with van der Waals surface area (Å²) in [6.07, 6.45) is 0.345. The van der Waals surface area contributed by atoms with E-state index in [1.807, 2.05) is 18.4 Å². The Hall–Kier alpha value is -1.07. The van der Waals surface area contributed by atoms with Gasteiger partial charge in [-0.1, -0.05) is 5.92 Å². The van der Waals surface area contributed by atoms with E-state index in [-0.39, 0.29) is 5.78 Å². The second-order valence-electron chi connectivity index (χ2n) is 2.46. The molecule has 0 fully saturated rings. The van der Waals surface area contributed by atoms with Crippen LogP contribution in [0.3, 0.4) is 0 Å². The number of hydrogen-bond acceptors (Lipinski definition) is 2. The summed E-state index contributed by atoms with van der Waals surface area (Å²) < 4.78 is 0. The largest absolute Gasteiger partial charge is 0.292 e. The van der Waals surface area contributed by atoms with E-state index in [2.05, 4.69) is 11.8 Å². The molecule has 1 aromatic heterocycles.